The molecule has 6 nitrogen and oxygen atoms in total. The van der Waals surface area contributed by atoms with Crippen LogP contribution in [0, 0.1) is 0 Å². The number of hydrogen-bond acceptors (Lipinski definition) is 4. The standard InChI is InChI=1S/C2H4GeN2O4/c4-1(6)8-3-9-2(5)7/h(H2,4,6)(H2,5,7). The van der Waals surface area contributed by atoms with E-state index in [4.69, 9.17) is 0 Å². The average Bonchev–Trinajstić information content (AvgIpc) is 1.63. The molecule has 0 saturated heterocycles. The molecule has 0 rings (SSSR count). The van der Waals surface area contributed by atoms with Gasteiger partial charge in [0, 0.05) is 0 Å². The van der Waals surface area contributed by atoms with Crippen LogP contribution in [0.5, 0.6) is 0 Å². The predicted molar refractivity (Wildman–Crippen MR) is 27.1 cm³/mol. The van der Waals surface area contributed by atoms with E-state index in [9.17, 15) is 9.59 Å². The second kappa shape index (κ2) is 4.01. The second-order valence-electron chi connectivity index (χ2n) is 0.926. The van der Waals surface area contributed by atoms with E-state index in [1.807, 2.05) is 0 Å². The monoisotopic (exact) mass is 194 g/mol. The maximum atomic E-state index is 9.78. The third-order valence-corrected chi connectivity index (χ3v) is 1.48. The van der Waals surface area contributed by atoms with Crippen LogP contribution in [-0.4, -0.2) is 28.3 Å². The molecule has 0 heterocycles. The summed E-state index contributed by atoms with van der Waals surface area (Å²) in [5.41, 5.74) is 9.03. The van der Waals surface area contributed by atoms with Crippen molar-refractivity contribution in [3.8, 4) is 0 Å². The van der Waals surface area contributed by atoms with Crippen molar-refractivity contribution in [1.29, 1.82) is 0 Å². The van der Waals surface area contributed by atoms with E-state index in [2.05, 4.69) is 19.0 Å². The molecule has 0 aromatic carbocycles. The van der Waals surface area contributed by atoms with Crippen molar-refractivity contribution in [2.75, 3.05) is 0 Å². The Balaban J connectivity index is 3.10. The second-order valence-corrected chi connectivity index (χ2v) is 2.13. The summed E-state index contributed by atoms with van der Waals surface area (Å²) >= 11 is -1.52. The summed E-state index contributed by atoms with van der Waals surface area (Å²) in [5, 5.41) is 0. The summed E-state index contributed by atoms with van der Waals surface area (Å²) in [6.07, 6.45) is -1.92. The third-order valence-electron chi connectivity index (χ3n) is 0.285. The summed E-state index contributed by atoms with van der Waals surface area (Å²) in [6.45, 7) is 0. The van der Waals surface area contributed by atoms with E-state index < -0.39 is 28.3 Å². The molecule has 4 N–H and O–H groups in total. The van der Waals surface area contributed by atoms with Gasteiger partial charge in [0.15, 0.2) is 0 Å². The first-order chi connectivity index (χ1) is 4.13. The minimum atomic E-state index is -1.52. The zero-order valence-corrected chi connectivity index (χ0v) is 6.39. The average molecular weight is 193 g/mol. The first-order valence-electron chi connectivity index (χ1n) is 1.80. The van der Waals surface area contributed by atoms with Gasteiger partial charge >= 0.3 is 56.9 Å². The van der Waals surface area contributed by atoms with Crippen LogP contribution >= 0.6 is 0 Å². The van der Waals surface area contributed by atoms with Crippen LogP contribution < -0.4 is 11.5 Å². The quantitative estimate of drug-likeness (QED) is 0.531. The predicted octanol–water partition coefficient (Wildman–Crippen LogP) is -1.29. The molecule has 50 valence electrons. The van der Waals surface area contributed by atoms with E-state index in [0.29, 0.717) is 0 Å². The van der Waals surface area contributed by atoms with E-state index in [-0.39, 0.29) is 0 Å². The van der Waals surface area contributed by atoms with Crippen molar-refractivity contribution in [2.24, 2.45) is 11.5 Å². The fourth-order valence-corrected chi connectivity index (χ4v) is 0.535. The summed E-state index contributed by atoms with van der Waals surface area (Å²) in [6, 6.07) is 0. The van der Waals surface area contributed by atoms with E-state index in [0.717, 1.165) is 0 Å². The van der Waals surface area contributed by atoms with Gasteiger partial charge in [-0.05, 0) is 0 Å². The van der Waals surface area contributed by atoms with Crippen molar-refractivity contribution >= 4 is 28.3 Å². The molecule has 0 aliphatic heterocycles. The van der Waals surface area contributed by atoms with Crippen LogP contribution in [0.2, 0.25) is 0 Å². The van der Waals surface area contributed by atoms with Gasteiger partial charge in [-0.3, -0.25) is 0 Å². The van der Waals surface area contributed by atoms with Crippen LogP contribution in [0.3, 0.4) is 0 Å². The third kappa shape index (κ3) is 7.08. The Kier molecular flexibility index (Phi) is 3.60. The molecular weight excluding hydrogens is 189 g/mol. The Hall–Kier alpha value is -0.917. The molecule has 0 atom stereocenters. The van der Waals surface area contributed by atoms with Crippen LogP contribution in [0.15, 0.2) is 0 Å². The zero-order valence-electron chi connectivity index (χ0n) is 4.29. The summed E-state index contributed by atoms with van der Waals surface area (Å²) in [5.74, 6) is 0. The van der Waals surface area contributed by atoms with Crippen LogP contribution in [0.25, 0.3) is 0 Å². The van der Waals surface area contributed by atoms with Gasteiger partial charge in [-0.1, -0.05) is 0 Å². The van der Waals surface area contributed by atoms with Crippen LogP contribution in [-0.2, 0) is 7.53 Å². The first kappa shape index (κ1) is 8.08. The molecule has 0 aromatic heterocycles. The van der Waals surface area contributed by atoms with Gasteiger partial charge in [-0.2, -0.15) is 0 Å². The fourth-order valence-electron chi connectivity index (χ4n) is 0.103. The number of hydrogen-bond donors (Lipinski definition) is 2. The molecule has 0 aliphatic rings. The van der Waals surface area contributed by atoms with E-state index in [1.165, 1.54) is 0 Å². The van der Waals surface area contributed by atoms with Gasteiger partial charge in [0.2, 0.25) is 0 Å². The van der Waals surface area contributed by atoms with Crippen LogP contribution in [0.1, 0.15) is 0 Å². The minimum absolute atomic E-state index is 0.962. The number of primary amides is 2. The van der Waals surface area contributed by atoms with Gasteiger partial charge < -0.3 is 0 Å². The molecule has 0 aliphatic carbocycles. The molecule has 9 heavy (non-hydrogen) atoms. The Morgan fingerprint density at radius 2 is 1.44 bits per heavy atom. The molecule has 0 bridgehead atoms. The Morgan fingerprint density at radius 3 is 1.67 bits per heavy atom. The fraction of sp³-hybridized carbons (Fsp3) is 0. The molecule has 0 aromatic rings. The normalized spacial score (nSPS) is 8.00. The van der Waals surface area contributed by atoms with Crippen molar-refractivity contribution < 1.29 is 17.1 Å². The molecule has 2 amide bonds. The van der Waals surface area contributed by atoms with Gasteiger partial charge in [-0.25, -0.2) is 0 Å². The van der Waals surface area contributed by atoms with Gasteiger partial charge in [0.25, 0.3) is 0 Å². The molecule has 7 heteroatoms. The number of amides is 2. The first-order valence-corrected chi connectivity index (χ1v) is 3.52. The molecular formula is C2H4GeN2O4. The van der Waals surface area contributed by atoms with Gasteiger partial charge in [0.1, 0.15) is 0 Å². The Morgan fingerprint density at radius 1 is 1.11 bits per heavy atom. The van der Waals surface area contributed by atoms with E-state index in [1.54, 1.807) is 0 Å². The number of carbonyl (C=O) groups is 2. The number of rotatable bonds is 2. The van der Waals surface area contributed by atoms with Crippen LogP contribution in [0.4, 0.5) is 9.59 Å². The molecule has 0 fully saturated rings. The number of carbonyl (C=O) groups excluding carboxylic acids is 2. The van der Waals surface area contributed by atoms with Crippen molar-refractivity contribution in [2.45, 2.75) is 0 Å². The molecule has 0 unspecified atom stereocenters. The summed E-state index contributed by atoms with van der Waals surface area (Å²) in [4.78, 5) is 19.6. The van der Waals surface area contributed by atoms with Gasteiger partial charge in [0.05, 0.1) is 0 Å². The Labute approximate surface area is 57.6 Å². The maximum absolute atomic E-state index is 9.78. The number of nitrogens with two attached hydrogens (primary N) is 2. The van der Waals surface area contributed by atoms with E-state index >= 15 is 0 Å². The zero-order chi connectivity index (χ0) is 7.28. The summed E-state index contributed by atoms with van der Waals surface area (Å²) in [7, 11) is 0. The van der Waals surface area contributed by atoms with Gasteiger partial charge in [-0.15, -0.1) is 0 Å². The van der Waals surface area contributed by atoms with Crippen molar-refractivity contribution in [1.82, 2.24) is 0 Å². The van der Waals surface area contributed by atoms with Crippen molar-refractivity contribution in [3.63, 3.8) is 0 Å². The molecule has 2 radical (unpaired) electrons. The SMILES string of the molecule is NC(=O)[O][Ge][O]C(N)=O. The molecule has 0 spiro atoms. The molecule has 0 saturated carbocycles. The summed E-state index contributed by atoms with van der Waals surface area (Å²) < 4.78 is 8.19. The topological polar surface area (TPSA) is 105 Å². The Bertz CT molecular complexity index is 112. The van der Waals surface area contributed by atoms with Crippen molar-refractivity contribution in [3.05, 3.63) is 0 Å².